The van der Waals surface area contributed by atoms with Crippen molar-refractivity contribution in [2.24, 2.45) is 0 Å². The number of aryl methyl sites for hydroxylation is 1. The van der Waals surface area contributed by atoms with Gasteiger partial charge in [0.05, 0.1) is 12.3 Å². The van der Waals surface area contributed by atoms with Crippen LogP contribution in [0.2, 0.25) is 0 Å². The molecule has 0 radical (unpaired) electrons. The number of carbonyl (C=O) groups is 1. The Labute approximate surface area is 130 Å². The van der Waals surface area contributed by atoms with E-state index in [1.165, 1.54) is 0 Å². The van der Waals surface area contributed by atoms with Crippen LogP contribution in [-0.4, -0.2) is 53.2 Å². The Hall–Kier alpha value is -1.14. The van der Waals surface area contributed by atoms with Gasteiger partial charge >= 0.3 is 0 Å². The maximum Gasteiger partial charge on any atom is 0.270 e. The van der Waals surface area contributed by atoms with Crippen molar-refractivity contribution in [3.05, 3.63) is 18.0 Å². The number of aromatic nitrogens is 1. The molecule has 1 aromatic heterocycles. The quantitative estimate of drug-likeness (QED) is 0.837. The molecule has 2 N–H and O–H groups in total. The topological polar surface area (TPSA) is 60.5 Å². The second-order valence-corrected chi connectivity index (χ2v) is 6.51. The van der Waals surface area contributed by atoms with E-state index in [0.717, 1.165) is 30.9 Å². The number of hydrogen-bond donors (Lipinski definition) is 1. The first-order valence-corrected chi connectivity index (χ1v) is 8.66. The van der Waals surface area contributed by atoms with Crippen molar-refractivity contribution in [2.45, 2.75) is 32.4 Å². The van der Waals surface area contributed by atoms with Gasteiger partial charge in [0.1, 0.15) is 5.69 Å². The molecule has 1 aliphatic heterocycles. The maximum absolute atomic E-state index is 12.9. The number of carbonyl (C=O) groups excluding carboxylic acids is 1. The zero-order chi connectivity index (χ0) is 15.2. The minimum absolute atomic E-state index is 0.0738. The van der Waals surface area contributed by atoms with Crippen molar-refractivity contribution in [3.8, 4) is 0 Å². The summed E-state index contributed by atoms with van der Waals surface area (Å²) in [5.74, 6) is 2.21. The van der Waals surface area contributed by atoms with Crippen LogP contribution in [-0.2, 0) is 11.3 Å². The highest BCUT2D eigenvalue weighted by molar-refractivity contribution is 7.99. The monoisotopic (exact) mass is 311 g/mol. The largest absolute Gasteiger partial charge is 0.397 e. The molecular weight excluding hydrogens is 286 g/mol. The summed E-state index contributed by atoms with van der Waals surface area (Å²) in [6.45, 7) is 4.12. The normalized spacial score (nSPS) is 18.1. The molecule has 0 bridgehead atoms. The van der Waals surface area contributed by atoms with E-state index < -0.39 is 0 Å². The molecule has 0 spiro atoms. The molecule has 1 unspecified atom stereocenters. The predicted octanol–water partition coefficient (Wildman–Crippen LogP) is 2.07. The number of nitrogen functional groups attached to an aromatic ring is 1. The Morgan fingerprint density at radius 3 is 3.05 bits per heavy atom. The van der Waals surface area contributed by atoms with Crippen molar-refractivity contribution in [1.82, 2.24) is 9.47 Å². The Kier molecular flexibility index (Phi) is 5.99. The molecule has 21 heavy (non-hydrogen) atoms. The molecule has 0 aliphatic carbocycles. The molecular formula is C15H25N3O2S. The van der Waals surface area contributed by atoms with Crippen molar-refractivity contribution >= 4 is 23.4 Å². The first-order valence-electron chi connectivity index (χ1n) is 7.50. The second-order valence-electron chi connectivity index (χ2n) is 5.36. The highest BCUT2D eigenvalue weighted by Crippen LogP contribution is 2.24. The molecule has 0 saturated carbocycles. The Bertz CT molecular complexity index is 469. The van der Waals surface area contributed by atoms with Crippen molar-refractivity contribution in [2.75, 3.05) is 37.5 Å². The number of rotatable bonds is 7. The van der Waals surface area contributed by atoms with Crippen LogP contribution in [0.15, 0.2) is 12.3 Å². The van der Waals surface area contributed by atoms with Crippen LogP contribution in [0.5, 0.6) is 0 Å². The van der Waals surface area contributed by atoms with Gasteiger partial charge in [0.25, 0.3) is 5.91 Å². The van der Waals surface area contributed by atoms with E-state index in [1.807, 2.05) is 27.4 Å². The minimum atomic E-state index is 0.0738. The van der Waals surface area contributed by atoms with E-state index in [2.05, 4.69) is 6.92 Å². The Morgan fingerprint density at radius 1 is 1.62 bits per heavy atom. The Morgan fingerprint density at radius 2 is 2.43 bits per heavy atom. The molecule has 1 aromatic rings. The van der Waals surface area contributed by atoms with E-state index in [1.54, 1.807) is 13.2 Å². The molecule has 1 fully saturated rings. The SMILES string of the molecule is CCCn1cc(N)cc1C(=O)N(CCOC)C1CCSC1. The van der Waals surface area contributed by atoms with Crippen LogP contribution in [0.1, 0.15) is 30.3 Å². The summed E-state index contributed by atoms with van der Waals surface area (Å²) >= 11 is 1.91. The maximum atomic E-state index is 12.9. The zero-order valence-electron chi connectivity index (χ0n) is 12.9. The number of nitrogens with zero attached hydrogens (tertiary/aromatic N) is 2. The average Bonchev–Trinajstić information content (AvgIpc) is 3.09. The van der Waals surface area contributed by atoms with Gasteiger partial charge in [-0.3, -0.25) is 4.79 Å². The molecule has 2 heterocycles. The highest BCUT2D eigenvalue weighted by atomic mass is 32.2. The lowest BCUT2D eigenvalue weighted by atomic mass is 10.2. The van der Waals surface area contributed by atoms with Gasteiger partial charge in [-0.2, -0.15) is 11.8 Å². The summed E-state index contributed by atoms with van der Waals surface area (Å²) in [6, 6.07) is 2.10. The molecule has 1 atom stereocenters. The van der Waals surface area contributed by atoms with Crippen molar-refractivity contribution in [1.29, 1.82) is 0 Å². The lowest BCUT2D eigenvalue weighted by Crippen LogP contribution is -2.43. The van der Waals surface area contributed by atoms with Crippen LogP contribution in [0.3, 0.4) is 0 Å². The van der Waals surface area contributed by atoms with Gasteiger partial charge in [-0.1, -0.05) is 6.92 Å². The smallest absolute Gasteiger partial charge is 0.270 e. The first kappa shape index (κ1) is 16.2. The van der Waals surface area contributed by atoms with E-state index in [4.69, 9.17) is 10.5 Å². The van der Waals surface area contributed by atoms with Crippen LogP contribution in [0.25, 0.3) is 0 Å². The number of methoxy groups -OCH3 is 1. The van der Waals surface area contributed by atoms with Gasteiger partial charge < -0.3 is 19.9 Å². The minimum Gasteiger partial charge on any atom is -0.397 e. The summed E-state index contributed by atoms with van der Waals surface area (Å²) in [6.07, 6.45) is 3.89. The number of ether oxygens (including phenoxy) is 1. The van der Waals surface area contributed by atoms with Gasteiger partial charge in [-0.05, 0) is 24.7 Å². The van der Waals surface area contributed by atoms with Crippen molar-refractivity contribution < 1.29 is 9.53 Å². The van der Waals surface area contributed by atoms with Crippen LogP contribution in [0, 0.1) is 0 Å². The fraction of sp³-hybridized carbons (Fsp3) is 0.667. The van der Waals surface area contributed by atoms with Gasteiger partial charge in [0.2, 0.25) is 0 Å². The van der Waals surface area contributed by atoms with E-state index >= 15 is 0 Å². The van der Waals surface area contributed by atoms with Gasteiger partial charge in [0, 0.05) is 38.2 Å². The number of hydrogen-bond acceptors (Lipinski definition) is 4. The summed E-state index contributed by atoms with van der Waals surface area (Å²) in [7, 11) is 1.67. The van der Waals surface area contributed by atoms with Gasteiger partial charge in [0.15, 0.2) is 0 Å². The van der Waals surface area contributed by atoms with Crippen molar-refractivity contribution in [3.63, 3.8) is 0 Å². The molecule has 5 nitrogen and oxygen atoms in total. The molecule has 6 heteroatoms. The average molecular weight is 311 g/mol. The van der Waals surface area contributed by atoms with E-state index in [9.17, 15) is 4.79 Å². The van der Waals surface area contributed by atoms with Gasteiger partial charge in [-0.15, -0.1) is 0 Å². The Balaban J connectivity index is 2.20. The molecule has 2 rings (SSSR count). The zero-order valence-corrected chi connectivity index (χ0v) is 13.7. The number of thioether (sulfide) groups is 1. The number of nitrogens with two attached hydrogens (primary N) is 1. The third-order valence-corrected chi connectivity index (χ3v) is 4.89. The second kappa shape index (κ2) is 7.75. The fourth-order valence-corrected chi connectivity index (χ4v) is 3.92. The van der Waals surface area contributed by atoms with Crippen LogP contribution >= 0.6 is 11.8 Å². The lowest BCUT2D eigenvalue weighted by molar-refractivity contribution is 0.0614. The lowest BCUT2D eigenvalue weighted by Gasteiger charge is -2.28. The summed E-state index contributed by atoms with van der Waals surface area (Å²) < 4.78 is 7.14. The molecule has 1 aliphatic rings. The van der Waals surface area contributed by atoms with E-state index in [-0.39, 0.29) is 5.91 Å². The molecule has 118 valence electrons. The molecule has 1 amide bonds. The molecule has 0 aromatic carbocycles. The highest BCUT2D eigenvalue weighted by Gasteiger charge is 2.29. The third kappa shape index (κ3) is 3.95. The van der Waals surface area contributed by atoms with E-state index in [0.29, 0.717) is 30.6 Å². The third-order valence-electron chi connectivity index (χ3n) is 3.74. The summed E-state index contributed by atoms with van der Waals surface area (Å²) in [4.78, 5) is 14.9. The number of amides is 1. The fourth-order valence-electron chi connectivity index (χ4n) is 2.69. The van der Waals surface area contributed by atoms with Crippen LogP contribution in [0.4, 0.5) is 5.69 Å². The standard InChI is InChI=1S/C15H25N3O2S/c1-3-5-17-10-12(16)9-14(17)15(19)18(6-7-20-2)13-4-8-21-11-13/h9-10,13H,3-8,11,16H2,1-2H3. The van der Waals surface area contributed by atoms with Crippen LogP contribution < -0.4 is 5.73 Å². The first-order chi connectivity index (χ1) is 10.2. The van der Waals surface area contributed by atoms with Gasteiger partial charge in [-0.25, -0.2) is 0 Å². The number of anilines is 1. The molecule has 1 saturated heterocycles. The predicted molar refractivity (Wildman–Crippen MR) is 87.8 cm³/mol. The summed E-state index contributed by atoms with van der Waals surface area (Å²) in [5, 5.41) is 0. The summed E-state index contributed by atoms with van der Waals surface area (Å²) in [5.41, 5.74) is 7.23.